The summed E-state index contributed by atoms with van der Waals surface area (Å²) in [5.41, 5.74) is 0.341. The molecule has 0 heterocycles. The van der Waals surface area contributed by atoms with E-state index >= 15 is 0 Å². The van der Waals surface area contributed by atoms with Gasteiger partial charge < -0.3 is 10.6 Å². The van der Waals surface area contributed by atoms with Gasteiger partial charge in [0, 0.05) is 12.6 Å². The van der Waals surface area contributed by atoms with Gasteiger partial charge in [0.2, 0.25) is 0 Å². The molecule has 17 heavy (non-hydrogen) atoms. The Labute approximate surface area is 112 Å². The van der Waals surface area contributed by atoms with E-state index in [1.807, 2.05) is 0 Å². The monoisotopic (exact) mass is 256 g/mol. The van der Waals surface area contributed by atoms with Crippen molar-refractivity contribution in [2.24, 2.45) is 11.3 Å². The van der Waals surface area contributed by atoms with E-state index in [1.54, 1.807) is 0 Å². The molecule has 0 bridgehead atoms. The van der Waals surface area contributed by atoms with Crippen molar-refractivity contribution >= 4 is 17.3 Å². The first-order chi connectivity index (χ1) is 7.89. The Morgan fingerprint density at radius 1 is 1.24 bits per heavy atom. The summed E-state index contributed by atoms with van der Waals surface area (Å²) in [6.07, 6.45) is 6.63. The first kappa shape index (κ1) is 14.7. The van der Waals surface area contributed by atoms with Gasteiger partial charge in [0.25, 0.3) is 0 Å². The van der Waals surface area contributed by atoms with Crippen LogP contribution in [0.1, 0.15) is 59.8 Å². The van der Waals surface area contributed by atoms with Crippen molar-refractivity contribution in [2.75, 3.05) is 6.54 Å². The standard InChI is InChI=1S/C14H28N2S/c1-11(14(2,3)4)10-15-13(17)16-12-8-6-5-7-9-12/h11-12H,5-10H2,1-4H3,(H2,15,16,17). The molecular weight excluding hydrogens is 228 g/mol. The van der Waals surface area contributed by atoms with Crippen molar-refractivity contribution in [3.05, 3.63) is 0 Å². The van der Waals surface area contributed by atoms with E-state index in [9.17, 15) is 0 Å². The second kappa shape index (κ2) is 6.58. The van der Waals surface area contributed by atoms with Crippen LogP contribution in [0.15, 0.2) is 0 Å². The summed E-state index contributed by atoms with van der Waals surface area (Å²) >= 11 is 5.35. The minimum absolute atomic E-state index is 0.341. The molecule has 1 fully saturated rings. The highest BCUT2D eigenvalue weighted by molar-refractivity contribution is 7.80. The fraction of sp³-hybridized carbons (Fsp3) is 0.929. The van der Waals surface area contributed by atoms with Gasteiger partial charge in [0.15, 0.2) is 5.11 Å². The second-order valence-corrected chi connectivity index (χ2v) is 6.86. The quantitative estimate of drug-likeness (QED) is 0.756. The van der Waals surface area contributed by atoms with E-state index in [-0.39, 0.29) is 0 Å². The van der Waals surface area contributed by atoms with Crippen LogP contribution in [0.4, 0.5) is 0 Å². The number of nitrogens with one attached hydrogen (secondary N) is 2. The molecule has 0 saturated heterocycles. The van der Waals surface area contributed by atoms with Crippen LogP contribution in [0.25, 0.3) is 0 Å². The van der Waals surface area contributed by atoms with Gasteiger partial charge in [-0.1, -0.05) is 47.0 Å². The fourth-order valence-electron chi connectivity index (χ4n) is 2.04. The molecule has 0 spiro atoms. The van der Waals surface area contributed by atoms with Crippen LogP contribution in [0.2, 0.25) is 0 Å². The minimum Gasteiger partial charge on any atom is -0.362 e. The summed E-state index contributed by atoms with van der Waals surface area (Å²) in [7, 11) is 0. The summed E-state index contributed by atoms with van der Waals surface area (Å²) in [4.78, 5) is 0. The number of hydrogen-bond donors (Lipinski definition) is 2. The molecule has 0 aromatic rings. The molecule has 0 aromatic carbocycles. The third-order valence-corrected chi connectivity index (χ3v) is 4.25. The number of thiocarbonyl (C=S) groups is 1. The van der Waals surface area contributed by atoms with Gasteiger partial charge in [-0.05, 0) is 36.4 Å². The largest absolute Gasteiger partial charge is 0.362 e. The van der Waals surface area contributed by atoms with Crippen LogP contribution in [-0.4, -0.2) is 17.7 Å². The van der Waals surface area contributed by atoms with Crippen molar-refractivity contribution in [2.45, 2.75) is 65.8 Å². The van der Waals surface area contributed by atoms with Gasteiger partial charge in [-0.3, -0.25) is 0 Å². The summed E-state index contributed by atoms with van der Waals surface area (Å²) in [5, 5.41) is 7.64. The maximum atomic E-state index is 5.35. The van der Waals surface area contributed by atoms with E-state index < -0.39 is 0 Å². The maximum Gasteiger partial charge on any atom is 0.166 e. The molecule has 0 aromatic heterocycles. The Morgan fingerprint density at radius 3 is 2.35 bits per heavy atom. The zero-order chi connectivity index (χ0) is 12.9. The average molecular weight is 256 g/mol. The summed E-state index contributed by atoms with van der Waals surface area (Å²) in [6, 6.07) is 0.605. The van der Waals surface area contributed by atoms with E-state index in [0.717, 1.165) is 11.7 Å². The smallest absolute Gasteiger partial charge is 0.166 e. The first-order valence-electron chi connectivity index (χ1n) is 6.94. The van der Waals surface area contributed by atoms with Crippen molar-refractivity contribution < 1.29 is 0 Å². The molecule has 2 N–H and O–H groups in total. The Kier molecular flexibility index (Phi) is 5.71. The maximum absolute atomic E-state index is 5.35. The molecule has 1 rings (SSSR count). The molecule has 0 aliphatic heterocycles. The van der Waals surface area contributed by atoms with Crippen LogP contribution >= 0.6 is 12.2 Å². The lowest BCUT2D eigenvalue weighted by atomic mass is 9.82. The zero-order valence-corrected chi connectivity index (χ0v) is 12.6. The SMILES string of the molecule is CC(CNC(=S)NC1CCCCC1)C(C)(C)C. The highest BCUT2D eigenvalue weighted by Crippen LogP contribution is 2.24. The van der Waals surface area contributed by atoms with Crippen LogP contribution in [0, 0.1) is 11.3 Å². The van der Waals surface area contributed by atoms with Gasteiger partial charge in [0.1, 0.15) is 0 Å². The highest BCUT2D eigenvalue weighted by atomic mass is 32.1. The van der Waals surface area contributed by atoms with Gasteiger partial charge in [-0.2, -0.15) is 0 Å². The lowest BCUT2D eigenvalue weighted by molar-refractivity contribution is 0.261. The fourth-order valence-corrected chi connectivity index (χ4v) is 2.29. The molecule has 1 saturated carbocycles. The third-order valence-electron chi connectivity index (χ3n) is 3.99. The van der Waals surface area contributed by atoms with Gasteiger partial charge >= 0.3 is 0 Å². The van der Waals surface area contributed by atoms with E-state index in [2.05, 4.69) is 38.3 Å². The molecule has 100 valence electrons. The Hall–Kier alpha value is -0.310. The predicted octanol–water partition coefficient (Wildman–Crippen LogP) is 3.47. The van der Waals surface area contributed by atoms with E-state index in [4.69, 9.17) is 12.2 Å². The van der Waals surface area contributed by atoms with E-state index in [1.165, 1.54) is 32.1 Å². The van der Waals surface area contributed by atoms with Crippen molar-refractivity contribution in [1.82, 2.24) is 10.6 Å². The summed E-state index contributed by atoms with van der Waals surface area (Å²) < 4.78 is 0. The summed E-state index contributed by atoms with van der Waals surface area (Å²) in [5.74, 6) is 0.619. The lowest BCUT2D eigenvalue weighted by Crippen LogP contribution is -2.45. The summed E-state index contributed by atoms with van der Waals surface area (Å²) in [6.45, 7) is 10.1. The molecule has 0 radical (unpaired) electrons. The molecule has 1 atom stereocenters. The first-order valence-corrected chi connectivity index (χ1v) is 7.35. The van der Waals surface area contributed by atoms with Crippen molar-refractivity contribution in [1.29, 1.82) is 0 Å². The van der Waals surface area contributed by atoms with Crippen molar-refractivity contribution in [3.8, 4) is 0 Å². The highest BCUT2D eigenvalue weighted by Gasteiger charge is 2.20. The molecule has 1 unspecified atom stereocenters. The topological polar surface area (TPSA) is 24.1 Å². The van der Waals surface area contributed by atoms with Crippen LogP contribution in [0.3, 0.4) is 0 Å². The van der Waals surface area contributed by atoms with Gasteiger partial charge in [-0.25, -0.2) is 0 Å². The molecular formula is C14H28N2S. The van der Waals surface area contributed by atoms with Crippen molar-refractivity contribution in [3.63, 3.8) is 0 Å². The van der Waals surface area contributed by atoms with E-state index in [0.29, 0.717) is 17.4 Å². The number of hydrogen-bond acceptors (Lipinski definition) is 1. The van der Waals surface area contributed by atoms with Crippen LogP contribution < -0.4 is 10.6 Å². The normalized spacial score (nSPS) is 19.8. The second-order valence-electron chi connectivity index (χ2n) is 6.46. The van der Waals surface area contributed by atoms with Gasteiger partial charge in [0.05, 0.1) is 0 Å². The Balaban J connectivity index is 2.20. The lowest BCUT2D eigenvalue weighted by Gasteiger charge is -2.29. The molecule has 2 nitrogen and oxygen atoms in total. The molecule has 1 aliphatic carbocycles. The molecule has 0 amide bonds. The minimum atomic E-state index is 0.341. The Morgan fingerprint density at radius 2 is 1.82 bits per heavy atom. The third kappa shape index (κ3) is 5.71. The average Bonchev–Trinajstić information content (AvgIpc) is 2.26. The molecule has 1 aliphatic rings. The Bertz CT molecular complexity index is 239. The van der Waals surface area contributed by atoms with Gasteiger partial charge in [-0.15, -0.1) is 0 Å². The number of rotatable bonds is 3. The predicted molar refractivity (Wildman–Crippen MR) is 79.2 cm³/mol. The zero-order valence-electron chi connectivity index (χ0n) is 11.8. The molecule has 3 heteroatoms. The van der Waals surface area contributed by atoms with Crippen LogP contribution in [-0.2, 0) is 0 Å². The van der Waals surface area contributed by atoms with Crippen LogP contribution in [0.5, 0.6) is 0 Å².